The van der Waals surface area contributed by atoms with E-state index >= 15 is 0 Å². The number of nitrogens with two attached hydrogens (primary N) is 1. The van der Waals surface area contributed by atoms with E-state index in [4.69, 9.17) is 10.5 Å². The number of benzene rings is 1. The van der Waals surface area contributed by atoms with Gasteiger partial charge in [-0.25, -0.2) is 17.6 Å². The van der Waals surface area contributed by atoms with Crippen LogP contribution >= 0.6 is 0 Å². The summed E-state index contributed by atoms with van der Waals surface area (Å²) in [6, 6.07) is 5.56. The quantitative estimate of drug-likeness (QED) is 0.823. The van der Waals surface area contributed by atoms with Gasteiger partial charge in [0.2, 0.25) is 0 Å². The van der Waals surface area contributed by atoms with Crippen LogP contribution < -0.4 is 11.1 Å². The molecule has 1 aliphatic carbocycles. The van der Waals surface area contributed by atoms with Gasteiger partial charge in [0.05, 0.1) is 10.8 Å². The van der Waals surface area contributed by atoms with Gasteiger partial charge < -0.3 is 15.8 Å². The minimum atomic E-state index is -3.49. The third-order valence-electron chi connectivity index (χ3n) is 4.35. The predicted octanol–water partition coefficient (Wildman–Crippen LogP) is 1.95. The van der Waals surface area contributed by atoms with Crippen LogP contribution in [0.25, 0.3) is 0 Å². The largest absolute Gasteiger partial charge is 0.444 e. The number of hydrogen-bond donors (Lipinski definition) is 2. The van der Waals surface area contributed by atoms with E-state index in [1.807, 2.05) is 0 Å². The number of alkyl carbamates (subject to hydrolysis) is 1. The predicted molar refractivity (Wildman–Crippen MR) is 93.5 cm³/mol. The van der Waals surface area contributed by atoms with E-state index in [1.54, 1.807) is 27.7 Å². The molecule has 0 bridgehead atoms. The van der Waals surface area contributed by atoms with Crippen molar-refractivity contribution in [3.8, 4) is 0 Å². The molecular weight excluding hydrogens is 347 g/mol. The number of ether oxygens (including phenoxy) is 1. The first-order valence-corrected chi connectivity index (χ1v) is 9.86. The third kappa shape index (κ3) is 3.95. The smallest absolute Gasteiger partial charge is 0.408 e. The monoisotopic (exact) mass is 372 g/mol. The first-order chi connectivity index (χ1) is 11.5. The Morgan fingerprint density at radius 1 is 1.32 bits per heavy atom. The van der Waals surface area contributed by atoms with Crippen LogP contribution in [0.1, 0.15) is 39.2 Å². The normalized spacial score (nSPS) is 26.2. The molecule has 2 rings (SSSR count). The van der Waals surface area contributed by atoms with E-state index in [2.05, 4.69) is 5.32 Å². The number of hydrogen-bond acceptors (Lipinski definition) is 5. The van der Waals surface area contributed by atoms with Crippen LogP contribution in [0.2, 0.25) is 0 Å². The second-order valence-electron chi connectivity index (χ2n) is 7.27. The van der Waals surface area contributed by atoms with Gasteiger partial charge in [0, 0.05) is 18.2 Å². The zero-order chi connectivity index (χ0) is 19.0. The minimum Gasteiger partial charge on any atom is -0.444 e. The summed E-state index contributed by atoms with van der Waals surface area (Å²) < 4.78 is 43.5. The molecule has 0 saturated heterocycles. The fourth-order valence-electron chi connectivity index (χ4n) is 3.19. The van der Waals surface area contributed by atoms with Gasteiger partial charge in [-0.1, -0.05) is 19.1 Å². The highest BCUT2D eigenvalue weighted by molar-refractivity contribution is 7.92. The van der Waals surface area contributed by atoms with Gasteiger partial charge in [-0.05, 0) is 38.5 Å². The molecule has 0 radical (unpaired) electrons. The summed E-state index contributed by atoms with van der Waals surface area (Å²) in [4.78, 5) is 12.2. The summed E-state index contributed by atoms with van der Waals surface area (Å²) in [5.74, 6) is -1.04. The molecule has 1 aliphatic rings. The zero-order valence-corrected chi connectivity index (χ0v) is 15.7. The van der Waals surface area contributed by atoms with Crippen molar-refractivity contribution in [1.82, 2.24) is 5.32 Å². The summed E-state index contributed by atoms with van der Waals surface area (Å²) in [5, 5.41) is 1.80. The van der Waals surface area contributed by atoms with Crippen molar-refractivity contribution in [2.24, 2.45) is 5.73 Å². The fraction of sp³-hybridized carbons (Fsp3) is 0.588. The van der Waals surface area contributed by atoms with Gasteiger partial charge in [-0.2, -0.15) is 0 Å². The number of rotatable bonds is 5. The van der Waals surface area contributed by atoms with Crippen molar-refractivity contribution in [2.75, 3.05) is 12.3 Å². The lowest BCUT2D eigenvalue weighted by atomic mass is 10.1. The first-order valence-electron chi connectivity index (χ1n) is 8.15. The molecule has 0 heterocycles. The van der Waals surface area contributed by atoms with Crippen LogP contribution in [0.15, 0.2) is 24.3 Å². The van der Waals surface area contributed by atoms with Crippen LogP contribution in [-0.4, -0.2) is 43.2 Å². The lowest BCUT2D eigenvalue weighted by Gasteiger charge is -2.24. The summed E-state index contributed by atoms with van der Waals surface area (Å²) in [7, 11) is -3.49. The minimum absolute atomic E-state index is 0.0712. The van der Waals surface area contributed by atoms with Crippen molar-refractivity contribution < 1.29 is 22.3 Å². The molecule has 1 saturated carbocycles. The molecular formula is C17H25FN2O4S. The van der Waals surface area contributed by atoms with Crippen molar-refractivity contribution in [3.63, 3.8) is 0 Å². The van der Waals surface area contributed by atoms with Gasteiger partial charge >= 0.3 is 6.09 Å². The molecule has 1 aromatic carbocycles. The average Bonchev–Trinajstić information content (AvgIpc) is 3.15. The standard InChI is InChI=1S/C17H25FN2O4S/c1-5-25(22,23)14-13(11-6-8-12(18)9-7-11)17(14,10-19)20-15(21)24-16(2,3)4/h6-9,13-14H,5,10,19H2,1-4H3,(H,20,21)/t13-,14+,17+/m0/s1. The van der Waals surface area contributed by atoms with Crippen LogP contribution in [0, 0.1) is 5.82 Å². The van der Waals surface area contributed by atoms with Gasteiger partial charge in [-0.15, -0.1) is 0 Å². The van der Waals surface area contributed by atoms with Crippen LogP contribution in [0.3, 0.4) is 0 Å². The lowest BCUT2D eigenvalue weighted by Crippen LogP contribution is -2.49. The second kappa shape index (κ2) is 6.57. The van der Waals surface area contributed by atoms with Crippen LogP contribution in [-0.2, 0) is 14.6 Å². The molecule has 1 aromatic rings. The fourth-order valence-corrected chi connectivity index (χ4v) is 5.23. The SMILES string of the molecule is CCS(=O)(=O)[C@@H]1[C@H](c2ccc(F)cc2)[C@@]1(CN)NC(=O)OC(C)(C)C. The highest BCUT2D eigenvalue weighted by Crippen LogP contribution is 2.55. The Kier molecular flexibility index (Phi) is 5.16. The van der Waals surface area contributed by atoms with Crippen molar-refractivity contribution in [3.05, 3.63) is 35.6 Å². The number of carbonyl (C=O) groups is 1. The van der Waals surface area contributed by atoms with Gasteiger partial charge in [0.25, 0.3) is 0 Å². The lowest BCUT2D eigenvalue weighted by molar-refractivity contribution is 0.0497. The van der Waals surface area contributed by atoms with Gasteiger partial charge in [0.15, 0.2) is 9.84 Å². The van der Waals surface area contributed by atoms with E-state index in [-0.39, 0.29) is 12.3 Å². The highest BCUT2D eigenvalue weighted by Gasteiger charge is 2.71. The van der Waals surface area contributed by atoms with E-state index in [1.165, 1.54) is 24.3 Å². The molecule has 6 nitrogen and oxygen atoms in total. The molecule has 3 N–H and O–H groups in total. The van der Waals surface area contributed by atoms with Crippen molar-refractivity contribution in [1.29, 1.82) is 0 Å². The summed E-state index contributed by atoms with van der Waals surface area (Å²) in [5.41, 5.74) is 4.61. The van der Waals surface area contributed by atoms with Crippen LogP contribution in [0.5, 0.6) is 0 Å². The van der Waals surface area contributed by atoms with Crippen LogP contribution in [0.4, 0.5) is 9.18 Å². The Morgan fingerprint density at radius 3 is 2.32 bits per heavy atom. The second-order valence-corrected chi connectivity index (χ2v) is 9.68. The van der Waals surface area contributed by atoms with E-state index < -0.39 is 44.1 Å². The number of amides is 1. The zero-order valence-electron chi connectivity index (χ0n) is 14.9. The summed E-state index contributed by atoms with van der Waals surface area (Å²) >= 11 is 0. The van der Waals surface area contributed by atoms with E-state index in [0.717, 1.165) is 0 Å². The Hall–Kier alpha value is -1.67. The first kappa shape index (κ1) is 19.7. The average molecular weight is 372 g/mol. The Bertz CT molecular complexity index is 743. The van der Waals surface area contributed by atoms with Crippen molar-refractivity contribution >= 4 is 15.9 Å². The molecule has 0 aliphatic heterocycles. The van der Waals surface area contributed by atoms with Gasteiger partial charge in [-0.3, -0.25) is 0 Å². The Morgan fingerprint density at radius 2 is 1.88 bits per heavy atom. The topological polar surface area (TPSA) is 98.5 Å². The molecule has 1 fully saturated rings. The summed E-state index contributed by atoms with van der Waals surface area (Å²) in [6.45, 7) is 6.62. The van der Waals surface area contributed by atoms with Gasteiger partial charge in [0.1, 0.15) is 11.4 Å². The summed E-state index contributed by atoms with van der Waals surface area (Å²) in [6.07, 6.45) is -0.723. The Balaban J connectivity index is 2.38. The molecule has 140 valence electrons. The van der Waals surface area contributed by atoms with Crippen molar-refractivity contribution in [2.45, 2.75) is 50.0 Å². The third-order valence-corrected chi connectivity index (χ3v) is 6.62. The molecule has 3 atom stereocenters. The van der Waals surface area contributed by atoms with E-state index in [0.29, 0.717) is 5.56 Å². The molecule has 1 amide bonds. The molecule has 25 heavy (non-hydrogen) atoms. The maximum Gasteiger partial charge on any atom is 0.408 e. The molecule has 0 aromatic heterocycles. The maximum absolute atomic E-state index is 13.2. The number of carbonyl (C=O) groups excluding carboxylic acids is 1. The molecule has 0 unspecified atom stereocenters. The number of sulfone groups is 1. The Labute approximate surface area is 147 Å². The van der Waals surface area contributed by atoms with E-state index in [9.17, 15) is 17.6 Å². The molecule has 8 heteroatoms. The number of halogens is 1. The maximum atomic E-state index is 13.2. The highest BCUT2D eigenvalue weighted by atomic mass is 32.2. The molecule has 0 spiro atoms. The number of nitrogens with one attached hydrogen (secondary N) is 1.